The van der Waals surface area contributed by atoms with Crippen molar-refractivity contribution < 1.29 is 9.18 Å². The minimum atomic E-state index is -0.538. The minimum Gasteiger partial charge on any atom is -0.330 e. The zero-order valence-electron chi connectivity index (χ0n) is 18.1. The van der Waals surface area contributed by atoms with Crippen LogP contribution in [-0.2, 0) is 0 Å². The fourth-order valence-corrected chi connectivity index (χ4v) is 5.12. The van der Waals surface area contributed by atoms with Gasteiger partial charge in [0, 0.05) is 41.2 Å². The maximum Gasteiger partial charge on any atom is 0.256 e. The molecule has 168 valence electrons. The number of aromatic nitrogens is 3. The van der Waals surface area contributed by atoms with Crippen LogP contribution in [0, 0.1) is 12.7 Å². The van der Waals surface area contributed by atoms with Gasteiger partial charge in [0.05, 0.1) is 23.0 Å². The summed E-state index contributed by atoms with van der Waals surface area (Å²) in [7, 11) is 0. The van der Waals surface area contributed by atoms with E-state index >= 15 is 0 Å². The van der Waals surface area contributed by atoms with E-state index in [1.165, 1.54) is 36.9 Å². The molecule has 3 heterocycles. The number of nitrogens with one attached hydrogen (secondary N) is 1. The van der Waals surface area contributed by atoms with Gasteiger partial charge in [-0.05, 0) is 57.2 Å². The Morgan fingerprint density at radius 2 is 2.00 bits per heavy atom. The van der Waals surface area contributed by atoms with E-state index in [0.717, 1.165) is 42.0 Å². The number of halogens is 2. The first kappa shape index (κ1) is 21.5. The van der Waals surface area contributed by atoms with E-state index in [1.807, 2.05) is 17.5 Å². The van der Waals surface area contributed by atoms with Crippen molar-refractivity contribution in [2.24, 2.45) is 0 Å². The van der Waals surface area contributed by atoms with E-state index in [4.69, 9.17) is 21.7 Å². The Labute approximate surface area is 195 Å². The molecule has 1 saturated heterocycles. The number of fused-ring (bicyclic) bond motifs is 1. The van der Waals surface area contributed by atoms with Crippen LogP contribution in [0.5, 0.6) is 0 Å². The number of nitrogens with zero attached hydrogens (tertiary/aromatic N) is 4. The van der Waals surface area contributed by atoms with Gasteiger partial charge in [-0.15, -0.1) is 0 Å². The topological polar surface area (TPSA) is 62.5 Å². The Hall–Kier alpha value is -2.32. The van der Waals surface area contributed by atoms with Gasteiger partial charge in [0.1, 0.15) is 5.82 Å². The predicted octanol–water partition coefficient (Wildman–Crippen LogP) is 5.76. The SMILES string of the molecule is CSNc1c(F)cc(Cl)cc1C(=O)N1CCCCC1c1cc2nc(C3CC3)cc(C)n2n1. The summed E-state index contributed by atoms with van der Waals surface area (Å²) in [6.07, 6.45) is 6.87. The standard InChI is InChI=1S/C23H25ClFN5OS/c1-13-9-18(14-6-7-14)26-21-12-19(27-30(13)21)20-5-3-4-8-29(20)23(31)16-10-15(24)11-17(25)22(16)28-32-2/h9-12,14,20,28H,3-8H2,1-2H3. The second-order valence-electron chi connectivity index (χ2n) is 8.56. The number of aryl methyl sites for hydroxylation is 1. The molecule has 0 radical (unpaired) electrons. The number of rotatable bonds is 5. The van der Waals surface area contributed by atoms with Crippen molar-refractivity contribution in [3.05, 3.63) is 57.8 Å². The van der Waals surface area contributed by atoms with Crippen LogP contribution in [0.3, 0.4) is 0 Å². The Morgan fingerprint density at radius 1 is 1.19 bits per heavy atom. The van der Waals surface area contributed by atoms with Gasteiger partial charge in [-0.1, -0.05) is 23.5 Å². The van der Waals surface area contributed by atoms with Crippen LogP contribution in [0.15, 0.2) is 24.3 Å². The first-order valence-electron chi connectivity index (χ1n) is 10.9. The molecule has 1 amide bonds. The Morgan fingerprint density at radius 3 is 2.75 bits per heavy atom. The Balaban J connectivity index is 1.52. The zero-order chi connectivity index (χ0) is 22.4. The third-order valence-corrected chi connectivity index (χ3v) is 6.86. The number of benzene rings is 1. The molecule has 1 unspecified atom stereocenters. The second-order valence-corrected chi connectivity index (χ2v) is 9.61. The van der Waals surface area contributed by atoms with Crippen molar-refractivity contribution in [2.45, 2.75) is 51.0 Å². The van der Waals surface area contributed by atoms with Gasteiger partial charge in [-0.25, -0.2) is 13.9 Å². The molecule has 1 aliphatic carbocycles. The highest BCUT2D eigenvalue weighted by atomic mass is 35.5. The summed E-state index contributed by atoms with van der Waals surface area (Å²) in [5.74, 6) is -0.220. The highest BCUT2D eigenvalue weighted by Crippen LogP contribution is 2.40. The minimum absolute atomic E-state index is 0.165. The smallest absolute Gasteiger partial charge is 0.256 e. The number of piperidine rings is 1. The summed E-state index contributed by atoms with van der Waals surface area (Å²) in [5.41, 5.74) is 4.21. The molecule has 2 aliphatic rings. The lowest BCUT2D eigenvalue weighted by Gasteiger charge is -2.35. The molecule has 1 N–H and O–H groups in total. The van der Waals surface area contributed by atoms with E-state index in [-0.39, 0.29) is 28.2 Å². The van der Waals surface area contributed by atoms with Gasteiger partial charge in [0.25, 0.3) is 5.91 Å². The molecule has 1 aromatic carbocycles. The molecule has 1 aliphatic heterocycles. The van der Waals surface area contributed by atoms with E-state index in [2.05, 4.69) is 10.8 Å². The number of carbonyl (C=O) groups is 1. The van der Waals surface area contributed by atoms with Crippen LogP contribution < -0.4 is 4.72 Å². The lowest BCUT2D eigenvalue weighted by Crippen LogP contribution is -2.39. The largest absolute Gasteiger partial charge is 0.330 e. The Kier molecular flexibility index (Phi) is 5.75. The average molecular weight is 474 g/mol. The lowest BCUT2D eigenvalue weighted by atomic mass is 9.98. The summed E-state index contributed by atoms with van der Waals surface area (Å²) < 4.78 is 19.3. The summed E-state index contributed by atoms with van der Waals surface area (Å²) in [6.45, 7) is 2.63. The van der Waals surface area contributed by atoms with E-state index in [0.29, 0.717) is 12.5 Å². The molecule has 3 aromatic rings. The van der Waals surface area contributed by atoms with Gasteiger partial charge in [-0.3, -0.25) is 4.79 Å². The van der Waals surface area contributed by atoms with Gasteiger partial charge in [-0.2, -0.15) is 5.10 Å². The van der Waals surface area contributed by atoms with E-state index < -0.39 is 5.82 Å². The number of anilines is 1. The molecule has 5 rings (SSSR count). The molecule has 6 nitrogen and oxygen atoms in total. The van der Waals surface area contributed by atoms with Crippen molar-refractivity contribution in [1.29, 1.82) is 0 Å². The predicted molar refractivity (Wildman–Crippen MR) is 126 cm³/mol. The third-order valence-electron chi connectivity index (χ3n) is 6.23. The summed E-state index contributed by atoms with van der Waals surface area (Å²) in [4.78, 5) is 20.2. The van der Waals surface area contributed by atoms with Gasteiger partial charge < -0.3 is 9.62 Å². The molecule has 1 saturated carbocycles. The molecule has 1 atom stereocenters. The first-order valence-corrected chi connectivity index (χ1v) is 12.5. The fraction of sp³-hybridized carbons (Fsp3) is 0.435. The summed E-state index contributed by atoms with van der Waals surface area (Å²) >= 11 is 7.34. The molecule has 0 spiro atoms. The van der Waals surface area contributed by atoms with Crippen LogP contribution in [0.2, 0.25) is 5.02 Å². The molecule has 9 heteroatoms. The normalized spacial score (nSPS) is 18.9. The number of hydrogen-bond acceptors (Lipinski definition) is 5. The third kappa shape index (κ3) is 3.94. The van der Waals surface area contributed by atoms with Crippen molar-refractivity contribution in [2.75, 3.05) is 17.5 Å². The van der Waals surface area contributed by atoms with Gasteiger partial charge in [0.15, 0.2) is 5.65 Å². The molecular formula is C23H25ClFN5OS. The van der Waals surface area contributed by atoms with Crippen molar-refractivity contribution in [3.63, 3.8) is 0 Å². The molecule has 2 fully saturated rings. The highest BCUT2D eigenvalue weighted by molar-refractivity contribution is 7.99. The Bertz CT molecular complexity index is 1190. The number of likely N-dealkylation sites (tertiary alicyclic amines) is 1. The van der Waals surface area contributed by atoms with Crippen LogP contribution in [0.25, 0.3) is 5.65 Å². The monoisotopic (exact) mass is 473 g/mol. The van der Waals surface area contributed by atoms with Crippen molar-refractivity contribution in [1.82, 2.24) is 19.5 Å². The van der Waals surface area contributed by atoms with Crippen molar-refractivity contribution in [3.8, 4) is 0 Å². The summed E-state index contributed by atoms with van der Waals surface area (Å²) in [6, 6.07) is 6.67. The highest BCUT2D eigenvalue weighted by Gasteiger charge is 2.33. The lowest BCUT2D eigenvalue weighted by molar-refractivity contribution is 0.0606. The maximum absolute atomic E-state index is 14.6. The fourth-order valence-electron chi connectivity index (χ4n) is 4.50. The van der Waals surface area contributed by atoms with Crippen LogP contribution in [-0.4, -0.2) is 38.2 Å². The number of hydrogen-bond donors (Lipinski definition) is 1. The molecule has 32 heavy (non-hydrogen) atoms. The van der Waals surface area contributed by atoms with Gasteiger partial charge >= 0.3 is 0 Å². The molecular weight excluding hydrogens is 449 g/mol. The molecule has 2 aromatic heterocycles. The van der Waals surface area contributed by atoms with E-state index in [9.17, 15) is 9.18 Å². The van der Waals surface area contributed by atoms with Crippen LogP contribution in [0.1, 0.15) is 71.5 Å². The van der Waals surface area contributed by atoms with Crippen LogP contribution >= 0.6 is 23.5 Å². The average Bonchev–Trinajstić information content (AvgIpc) is 3.54. The van der Waals surface area contributed by atoms with Crippen molar-refractivity contribution >= 4 is 40.8 Å². The van der Waals surface area contributed by atoms with Gasteiger partial charge in [0.2, 0.25) is 0 Å². The van der Waals surface area contributed by atoms with E-state index in [1.54, 1.807) is 11.2 Å². The first-order chi connectivity index (χ1) is 15.5. The molecule has 0 bridgehead atoms. The number of carbonyl (C=O) groups excluding carboxylic acids is 1. The second kappa shape index (κ2) is 8.56. The zero-order valence-corrected chi connectivity index (χ0v) is 19.6. The summed E-state index contributed by atoms with van der Waals surface area (Å²) in [5, 5.41) is 5.02. The quantitative estimate of drug-likeness (QED) is 0.477. The number of amides is 1. The van der Waals surface area contributed by atoms with Crippen LogP contribution in [0.4, 0.5) is 10.1 Å². The maximum atomic E-state index is 14.6.